The molecule has 35 heavy (non-hydrogen) atoms. The summed E-state index contributed by atoms with van der Waals surface area (Å²) in [7, 11) is 2.28. The van der Waals surface area contributed by atoms with Crippen LogP contribution in [0.4, 0.5) is 0 Å². The predicted molar refractivity (Wildman–Crippen MR) is 145 cm³/mol. The van der Waals surface area contributed by atoms with Gasteiger partial charge in [0.05, 0.1) is 11.0 Å². The van der Waals surface area contributed by atoms with E-state index in [9.17, 15) is 0 Å². The summed E-state index contributed by atoms with van der Waals surface area (Å²) >= 11 is 0. The normalized spacial score (nSPS) is 23.1. The molecule has 2 aliphatic heterocycles. The van der Waals surface area contributed by atoms with Gasteiger partial charge in [-0.25, -0.2) is 4.98 Å². The zero-order chi connectivity index (χ0) is 23.7. The molecule has 0 radical (unpaired) electrons. The maximum Gasteiger partial charge on any atom is 0.146 e. The third-order valence-electron chi connectivity index (χ3n) is 9.15. The number of imidazole rings is 1. The first-order chi connectivity index (χ1) is 17.3. The number of para-hydroxylation sites is 2. The standard InChI is InChI=1S/C31H42N4/c1-33-29-20-9-8-19-28(29)32-30(33)31(34-21-10-2-3-11-22-34,35-23-12-4-5-13-24-35)27-18-14-16-25-15-6-7-17-26(25)27/h6-9,15,17,19-20,27H,2-5,10-14,16,18,21-24H2,1H3. The summed E-state index contributed by atoms with van der Waals surface area (Å²) in [5, 5.41) is 0. The minimum atomic E-state index is -0.195. The van der Waals surface area contributed by atoms with E-state index in [1.165, 1.54) is 108 Å². The van der Waals surface area contributed by atoms with Crippen molar-refractivity contribution in [1.29, 1.82) is 0 Å². The molecule has 0 spiro atoms. The molecule has 4 nitrogen and oxygen atoms in total. The van der Waals surface area contributed by atoms with Crippen LogP contribution in [0.15, 0.2) is 48.5 Å². The fourth-order valence-corrected chi connectivity index (χ4v) is 7.55. The smallest absolute Gasteiger partial charge is 0.146 e. The van der Waals surface area contributed by atoms with Gasteiger partial charge in [-0.15, -0.1) is 0 Å². The second-order valence-electron chi connectivity index (χ2n) is 11.2. The van der Waals surface area contributed by atoms with Crippen molar-refractivity contribution in [3.8, 4) is 0 Å². The van der Waals surface area contributed by atoms with Gasteiger partial charge in [0.1, 0.15) is 11.5 Å². The molecule has 1 aliphatic carbocycles. The molecule has 3 aliphatic rings. The van der Waals surface area contributed by atoms with Crippen LogP contribution in [-0.2, 0) is 19.1 Å². The number of nitrogens with zero attached hydrogens (tertiary/aromatic N) is 4. The minimum Gasteiger partial charge on any atom is -0.328 e. The maximum absolute atomic E-state index is 5.52. The van der Waals surface area contributed by atoms with E-state index >= 15 is 0 Å². The molecular weight excluding hydrogens is 428 g/mol. The van der Waals surface area contributed by atoms with Crippen molar-refractivity contribution in [1.82, 2.24) is 19.4 Å². The Kier molecular flexibility index (Phi) is 6.68. The summed E-state index contributed by atoms with van der Waals surface area (Å²) < 4.78 is 2.46. The van der Waals surface area contributed by atoms with Crippen molar-refractivity contribution in [2.45, 2.75) is 82.2 Å². The summed E-state index contributed by atoms with van der Waals surface area (Å²) in [4.78, 5) is 11.4. The number of likely N-dealkylation sites (tertiary alicyclic amines) is 2. The van der Waals surface area contributed by atoms with Crippen molar-refractivity contribution in [2.24, 2.45) is 7.05 Å². The Bertz CT molecular complexity index is 1110. The first-order valence-electron chi connectivity index (χ1n) is 14.3. The Labute approximate surface area is 211 Å². The fourth-order valence-electron chi connectivity index (χ4n) is 7.55. The van der Waals surface area contributed by atoms with Gasteiger partial charge in [0.15, 0.2) is 0 Å². The first-order valence-corrected chi connectivity index (χ1v) is 14.3. The third kappa shape index (κ3) is 4.03. The average molecular weight is 471 g/mol. The number of hydrogen-bond donors (Lipinski definition) is 0. The second-order valence-corrected chi connectivity index (χ2v) is 11.2. The third-order valence-corrected chi connectivity index (χ3v) is 9.15. The summed E-state index contributed by atoms with van der Waals surface area (Å²) in [6, 6.07) is 18.2. The van der Waals surface area contributed by atoms with Crippen LogP contribution in [0.5, 0.6) is 0 Å². The number of aromatic nitrogens is 2. The zero-order valence-corrected chi connectivity index (χ0v) is 21.6. The van der Waals surface area contributed by atoms with Gasteiger partial charge in [-0.1, -0.05) is 62.1 Å². The second kappa shape index (κ2) is 10.1. The van der Waals surface area contributed by atoms with Crippen LogP contribution in [0.2, 0.25) is 0 Å². The van der Waals surface area contributed by atoms with Crippen LogP contribution < -0.4 is 0 Å². The molecule has 1 aromatic heterocycles. The van der Waals surface area contributed by atoms with Crippen LogP contribution in [-0.4, -0.2) is 45.5 Å². The summed E-state index contributed by atoms with van der Waals surface area (Å²) in [5.41, 5.74) is 5.36. The molecule has 1 unspecified atom stereocenters. The number of hydrogen-bond acceptors (Lipinski definition) is 3. The van der Waals surface area contributed by atoms with Crippen LogP contribution in [0.25, 0.3) is 11.0 Å². The molecule has 2 aromatic carbocycles. The molecular formula is C31H42N4. The van der Waals surface area contributed by atoms with Gasteiger partial charge in [0.2, 0.25) is 0 Å². The van der Waals surface area contributed by atoms with Crippen LogP contribution in [0, 0.1) is 0 Å². The Morgan fingerprint density at radius 1 is 0.714 bits per heavy atom. The van der Waals surface area contributed by atoms with E-state index in [4.69, 9.17) is 4.98 Å². The molecule has 0 amide bonds. The number of fused-ring (bicyclic) bond motifs is 2. The summed E-state index contributed by atoms with van der Waals surface area (Å²) in [6.07, 6.45) is 14.4. The number of rotatable bonds is 4. The van der Waals surface area contributed by atoms with Crippen LogP contribution in [0.3, 0.4) is 0 Å². The molecule has 3 heterocycles. The van der Waals surface area contributed by atoms with E-state index in [0.29, 0.717) is 5.92 Å². The molecule has 2 saturated heterocycles. The average Bonchev–Trinajstić information content (AvgIpc) is 3.16. The van der Waals surface area contributed by atoms with Crippen LogP contribution in [0.1, 0.15) is 87.1 Å². The Hall–Kier alpha value is -2.17. The lowest BCUT2D eigenvalue weighted by Crippen LogP contribution is -2.63. The van der Waals surface area contributed by atoms with E-state index < -0.39 is 0 Å². The Morgan fingerprint density at radius 2 is 1.31 bits per heavy atom. The highest BCUT2D eigenvalue weighted by molar-refractivity contribution is 5.76. The highest BCUT2D eigenvalue weighted by atomic mass is 15.4. The molecule has 186 valence electrons. The maximum atomic E-state index is 5.52. The van der Waals surface area contributed by atoms with Crippen molar-refractivity contribution in [3.63, 3.8) is 0 Å². The van der Waals surface area contributed by atoms with Gasteiger partial charge < -0.3 is 4.57 Å². The molecule has 2 fully saturated rings. The van der Waals surface area contributed by atoms with Crippen molar-refractivity contribution in [2.75, 3.05) is 26.2 Å². The van der Waals surface area contributed by atoms with E-state index in [1.807, 2.05) is 0 Å². The molecule has 1 atom stereocenters. The van der Waals surface area contributed by atoms with Crippen molar-refractivity contribution >= 4 is 11.0 Å². The SMILES string of the molecule is Cn1c(C(C2CCCc3ccccc32)(N2CCCCCC2)N2CCCCCC2)nc2ccccc21. The van der Waals surface area contributed by atoms with E-state index in [2.05, 4.69) is 69.9 Å². The summed E-state index contributed by atoms with van der Waals surface area (Å²) in [5.74, 6) is 1.73. The van der Waals surface area contributed by atoms with Crippen LogP contribution >= 0.6 is 0 Å². The van der Waals surface area contributed by atoms with Crippen molar-refractivity contribution < 1.29 is 0 Å². The lowest BCUT2D eigenvalue weighted by molar-refractivity contribution is -0.0965. The van der Waals surface area contributed by atoms with Gasteiger partial charge in [0, 0.05) is 39.1 Å². The van der Waals surface area contributed by atoms with Gasteiger partial charge in [-0.05, 0) is 68.2 Å². The zero-order valence-electron chi connectivity index (χ0n) is 21.6. The van der Waals surface area contributed by atoms with Crippen molar-refractivity contribution in [3.05, 3.63) is 65.5 Å². The minimum absolute atomic E-state index is 0.195. The lowest BCUT2D eigenvalue weighted by atomic mass is 9.73. The molecule has 4 heteroatoms. The highest BCUT2D eigenvalue weighted by Gasteiger charge is 2.54. The van der Waals surface area contributed by atoms with Gasteiger partial charge in [-0.2, -0.15) is 0 Å². The predicted octanol–water partition coefficient (Wildman–Crippen LogP) is 6.60. The van der Waals surface area contributed by atoms with E-state index in [1.54, 1.807) is 11.1 Å². The fraction of sp³-hybridized carbons (Fsp3) is 0.581. The van der Waals surface area contributed by atoms with Gasteiger partial charge >= 0.3 is 0 Å². The van der Waals surface area contributed by atoms with Gasteiger partial charge in [0.25, 0.3) is 0 Å². The number of aryl methyl sites for hydroxylation is 2. The molecule has 6 rings (SSSR count). The monoisotopic (exact) mass is 470 g/mol. The topological polar surface area (TPSA) is 24.3 Å². The Balaban J connectivity index is 1.64. The summed E-state index contributed by atoms with van der Waals surface area (Å²) in [6.45, 7) is 4.72. The van der Waals surface area contributed by atoms with Gasteiger partial charge in [-0.3, -0.25) is 9.80 Å². The van der Waals surface area contributed by atoms with E-state index in [0.717, 1.165) is 5.52 Å². The number of benzene rings is 2. The molecule has 0 saturated carbocycles. The molecule has 0 N–H and O–H groups in total. The first kappa shape index (κ1) is 23.2. The highest BCUT2D eigenvalue weighted by Crippen LogP contribution is 2.51. The lowest BCUT2D eigenvalue weighted by Gasteiger charge is -2.55. The Morgan fingerprint density at radius 3 is 1.97 bits per heavy atom. The molecule has 0 bridgehead atoms. The quantitative estimate of drug-likeness (QED) is 0.429. The molecule has 3 aromatic rings. The van der Waals surface area contributed by atoms with E-state index in [-0.39, 0.29) is 5.66 Å². The largest absolute Gasteiger partial charge is 0.328 e.